The minimum Gasteiger partial charge on any atom is -0.342 e. The molecule has 0 aromatic carbocycles. The molecule has 5 nitrogen and oxygen atoms in total. The summed E-state index contributed by atoms with van der Waals surface area (Å²) < 4.78 is 25.5. The van der Waals surface area contributed by atoms with Gasteiger partial charge in [0.05, 0.1) is 5.75 Å². The van der Waals surface area contributed by atoms with Crippen LogP contribution in [0.25, 0.3) is 0 Å². The van der Waals surface area contributed by atoms with E-state index in [2.05, 4.69) is 4.72 Å². The van der Waals surface area contributed by atoms with Gasteiger partial charge in [-0.05, 0) is 19.8 Å². The Bertz CT molecular complexity index is 357. The summed E-state index contributed by atoms with van der Waals surface area (Å²) in [5.74, 6) is 0.277. The van der Waals surface area contributed by atoms with E-state index in [-0.39, 0.29) is 23.6 Å². The van der Waals surface area contributed by atoms with Gasteiger partial charge in [-0.15, -0.1) is 0 Å². The highest BCUT2D eigenvalue weighted by molar-refractivity contribution is 7.89. The quantitative estimate of drug-likeness (QED) is 0.805. The van der Waals surface area contributed by atoms with Gasteiger partial charge in [0.2, 0.25) is 15.9 Å². The van der Waals surface area contributed by atoms with Crippen LogP contribution in [0.3, 0.4) is 0 Å². The number of rotatable bonds is 4. The topological polar surface area (TPSA) is 66.5 Å². The number of carbonyl (C=O) groups excluding carboxylic acids is 1. The molecule has 0 aromatic heterocycles. The number of sulfonamides is 1. The normalized spacial score (nSPS) is 18.7. The van der Waals surface area contributed by atoms with Crippen LogP contribution in [0.5, 0.6) is 0 Å². The van der Waals surface area contributed by atoms with E-state index in [4.69, 9.17) is 0 Å². The monoisotopic (exact) mass is 262 g/mol. The maximum Gasteiger partial charge on any atom is 0.225 e. The zero-order valence-corrected chi connectivity index (χ0v) is 11.6. The molecule has 0 saturated carbocycles. The predicted molar refractivity (Wildman–Crippen MR) is 67.0 cm³/mol. The minimum atomic E-state index is -3.13. The van der Waals surface area contributed by atoms with Gasteiger partial charge < -0.3 is 4.90 Å². The zero-order chi connectivity index (χ0) is 13.1. The van der Waals surface area contributed by atoms with Gasteiger partial charge in [-0.3, -0.25) is 4.79 Å². The molecular formula is C11H22N2O3S. The summed E-state index contributed by atoms with van der Waals surface area (Å²) in [5, 5.41) is 0. The van der Waals surface area contributed by atoms with Gasteiger partial charge in [0.25, 0.3) is 0 Å². The van der Waals surface area contributed by atoms with Crippen LogP contribution < -0.4 is 4.72 Å². The van der Waals surface area contributed by atoms with Crippen molar-refractivity contribution in [3.63, 3.8) is 0 Å². The molecule has 1 rings (SSSR count). The zero-order valence-electron chi connectivity index (χ0n) is 10.8. The lowest BCUT2D eigenvalue weighted by atomic mass is 10.0. The fourth-order valence-electron chi connectivity index (χ4n) is 1.92. The van der Waals surface area contributed by atoms with E-state index in [0.29, 0.717) is 25.9 Å². The van der Waals surface area contributed by atoms with Crippen molar-refractivity contribution in [3.05, 3.63) is 0 Å². The van der Waals surface area contributed by atoms with E-state index in [1.54, 1.807) is 6.92 Å². The van der Waals surface area contributed by atoms with Crippen LogP contribution in [0.1, 0.15) is 33.6 Å². The first-order valence-corrected chi connectivity index (χ1v) is 7.79. The second kappa shape index (κ2) is 5.82. The average molecular weight is 262 g/mol. The lowest BCUT2D eigenvalue weighted by Gasteiger charge is -2.33. The highest BCUT2D eigenvalue weighted by Gasteiger charge is 2.26. The van der Waals surface area contributed by atoms with Crippen molar-refractivity contribution in [2.24, 2.45) is 5.92 Å². The Balaban J connectivity index is 2.44. The third-order valence-corrected chi connectivity index (χ3v) is 4.48. The van der Waals surface area contributed by atoms with E-state index >= 15 is 0 Å². The molecule has 1 N–H and O–H groups in total. The van der Waals surface area contributed by atoms with E-state index in [1.165, 1.54) is 0 Å². The molecule has 1 fully saturated rings. The summed E-state index contributed by atoms with van der Waals surface area (Å²) in [6, 6.07) is -0.0174. The van der Waals surface area contributed by atoms with Gasteiger partial charge in [0.15, 0.2) is 0 Å². The fourth-order valence-corrected chi connectivity index (χ4v) is 2.83. The molecule has 17 heavy (non-hydrogen) atoms. The maximum atomic E-state index is 11.7. The van der Waals surface area contributed by atoms with E-state index < -0.39 is 10.0 Å². The first kappa shape index (κ1) is 14.4. The van der Waals surface area contributed by atoms with Crippen LogP contribution in [0.15, 0.2) is 0 Å². The number of piperidine rings is 1. The Labute approximate surface area is 104 Å². The molecule has 0 spiro atoms. The van der Waals surface area contributed by atoms with Gasteiger partial charge in [0, 0.05) is 25.0 Å². The smallest absolute Gasteiger partial charge is 0.225 e. The van der Waals surface area contributed by atoms with Gasteiger partial charge in [-0.25, -0.2) is 13.1 Å². The number of carbonyl (C=O) groups is 1. The van der Waals surface area contributed by atoms with Gasteiger partial charge in [-0.2, -0.15) is 0 Å². The Morgan fingerprint density at radius 3 is 2.29 bits per heavy atom. The predicted octanol–water partition coefficient (Wildman–Crippen LogP) is 0.573. The number of hydrogen-bond donors (Lipinski definition) is 1. The molecule has 1 saturated heterocycles. The third-order valence-electron chi connectivity index (χ3n) is 3.03. The second-order valence-electron chi connectivity index (χ2n) is 4.78. The number of hydrogen-bond acceptors (Lipinski definition) is 3. The summed E-state index contributed by atoms with van der Waals surface area (Å²) in [5.41, 5.74) is 0. The minimum absolute atomic E-state index is 0.0129. The largest absolute Gasteiger partial charge is 0.342 e. The molecule has 0 aromatic rings. The van der Waals surface area contributed by atoms with Crippen molar-refractivity contribution in [3.8, 4) is 0 Å². The van der Waals surface area contributed by atoms with Gasteiger partial charge in [0.1, 0.15) is 0 Å². The Morgan fingerprint density at radius 1 is 1.35 bits per heavy atom. The molecule has 0 bridgehead atoms. The summed E-state index contributed by atoms with van der Waals surface area (Å²) in [7, 11) is -3.13. The third kappa shape index (κ3) is 4.27. The van der Waals surface area contributed by atoms with Crippen LogP contribution in [0.4, 0.5) is 0 Å². The molecule has 1 aliphatic rings. The molecule has 1 heterocycles. The molecule has 1 amide bonds. The van der Waals surface area contributed by atoms with Gasteiger partial charge in [-0.1, -0.05) is 13.8 Å². The Morgan fingerprint density at radius 2 is 1.88 bits per heavy atom. The van der Waals surface area contributed by atoms with Crippen molar-refractivity contribution >= 4 is 15.9 Å². The van der Waals surface area contributed by atoms with Crippen LogP contribution in [0, 0.1) is 5.92 Å². The molecular weight excluding hydrogens is 240 g/mol. The SMILES string of the molecule is CCS(=O)(=O)NC1CCN(C(=O)C(C)C)CC1. The standard InChI is InChI=1S/C11H22N2O3S/c1-4-17(15,16)12-10-5-7-13(8-6-10)11(14)9(2)3/h9-10,12H,4-8H2,1-3H3. The Hall–Kier alpha value is -0.620. The van der Waals surface area contributed by atoms with E-state index in [0.717, 1.165) is 0 Å². The molecule has 0 atom stereocenters. The van der Waals surface area contributed by atoms with Crippen molar-refractivity contribution in [1.29, 1.82) is 0 Å². The van der Waals surface area contributed by atoms with E-state index in [9.17, 15) is 13.2 Å². The first-order chi connectivity index (χ1) is 7.85. The summed E-state index contributed by atoms with van der Waals surface area (Å²) in [6.45, 7) is 6.68. The van der Waals surface area contributed by atoms with Crippen LogP contribution in [-0.4, -0.2) is 44.1 Å². The molecule has 0 unspecified atom stereocenters. The van der Waals surface area contributed by atoms with Crippen LogP contribution >= 0.6 is 0 Å². The molecule has 6 heteroatoms. The average Bonchev–Trinajstić information content (AvgIpc) is 2.28. The number of nitrogens with one attached hydrogen (secondary N) is 1. The van der Waals surface area contributed by atoms with Crippen molar-refractivity contribution in [2.45, 2.75) is 39.7 Å². The van der Waals surface area contributed by atoms with Crippen LogP contribution in [-0.2, 0) is 14.8 Å². The number of likely N-dealkylation sites (tertiary alicyclic amines) is 1. The maximum absolute atomic E-state index is 11.7. The molecule has 0 radical (unpaired) electrons. The van der Waals surface area contributed by atoms with E-state index in [1.807, 2.05) is 18.7 Å². The van der Waals surface area contributed by atoms with Crippen molar-refractivity contribution in [1.82, 2.24) is 9.62 Å². The Kier molecular flexibility index (Phi) is 4.94. The van der Waals surface area contributed by atoms with Crippen molar-refractivity contribution < 1.29 is 13.2 Å². The highest BCUT2D eigenvalue weighted by atomic mass is 32.2. The fraction of sp³-hybridized carbons (Fsp3) is 0.909. The second-order valence-corrected chi connectivity index (χ2v) is 6.82. The first-order valence-electron chi connectivity index (χ1n) is 6.14. The molecule has 0 aliphatic carbocycles. The summed E-state index contributed by atoms with van der Waals surface area (Å²) >= 11 is 0. The van der Waals surface area contributed by atoms with Crippen molar-refractivity contribution in [2.75, 3.05) is 18.8 Å². The van der Waals surface area contributed by atoms with Gasteiger partial charge >= 0.3 is 0 Å². The van der Waals surface area contributed by atoms with Crippen LogP contribution in [0.2, 0.25) is 0 Å². The highest BCUT2D eigenvalue weighted by Crippen LogP contribution is 2.13. The lowest BCUT2D eigenvalue weighted by Crippen LogP contribution is -2.47. The summed E-state index contributed by atoms with van der Waals surface area (Å²) in [6.07, 6.45) is 1.41. The molecule has 100 valence electrons. The number of nitrogens with zero attached hydrogens (tertiary/aromatic N) is 1. The molecule has 1 aliphatic heterocycles. The lowest BCUT2D eigenvalue weighted by molar-refractivity contribution is -0.135. The number of amides is 1. The summed E-state index contributed by atoms with van der Waals surface area (Å²) in [4.78, 5) is 13.6.